The van der Waals surface area contributed by atoms with E-state index in [0.29, 0.717) is 5.92 Å². The summed E-state index contributed by atoms with van der Waals surface area (Å²) in [7, 11) is 0. The van der Waals surface area contributed by atoms with Crippen LogP contribution in [0.25, 0.3) is 22.2 Å². The Balaban J connectivity index is 1.71. The lowest BCUT2D eigenvalue weighted by atomic mass is 10.0. The van der Waals surface area contributed by atoms with E-state index in [4.69, 9.17) is 9.51 Å². The van der Waals surface area contributed by atoms with Crippen LogP contribution in [-0.2, 0) is 0 Å². The lowest BCUT2D eigenvalue weighted by Gasteiger charge is -2.19. The van der Waals surface area contributed by atoms with Gasteiger partial charge in [0.2, 0.25) is 0 Å². The third-order valence-electron chi connectivity index (χ3n) is 5.31. The summed E-state index contributed by atoms with van der Waals surface area (Å²) in [6.07, 6.45) is 8.51. The second kappa shape index (κ2) is 6.44. The molecule has 0 aliphatic heterocycles. The van der Waals surface area contributed by atoms with Crippen molar-refractivity contribution in [1.29, 1.82) is 0 Å². The molecule has 136 valence electrons. The summed E-state index contributed by atoms with van der Waals surface area (Å²) >= 11 is 2.38. The summed E-state index contributed by atoms with van der Waals surface area (Å²) in [5, 5.41) is 4.10. The zero-order valence-corrected chi connectivity index (χ0v) is 17.3. The molecule has 0 aromatic carbocycles. The number of aromatic nitrogens is 4. The van der Waals surface area contributed by atoms with Gasteiger partial charge in [0.25, 0.3) is 0 Å². The average Bonchev–Trinajstić information content (AvgIpc) is 3.38. The number of hydrogen-bond donors (Lipinski definition) is 0. The van der Waals surface area contributed by atoms with E-state index >= 15 is 0 Å². The molecule has 0 radical (unpaired) electrons. The van der Waals surface area contributed by atoms with Crippen LogP contribution in [0.2, 0.25) is 0 Å². The van der Waals surface area contributed by atoms with Crippen LogP contribution in [0.1, 0.15) is 36.0 Å². The fraction of sp³-hybridized carbons (Fsp3) is 0.286. The van der Waals surface area contributed by atoms with E-state index in [9.17, 15) is 0 Å². The smallest absolute Gasteiger partial charge is 0.141 e. The summed E-state index contributed by atoms with van der Waals surface area (Å²) in [5.41, 5.74) is 6.27. The molecule has 0 N–H and O–H groups in total. The topological polar surface area (TPSA) is 56.7 Å². The Morgan fingerprint density at radius 2 is 2.07 bits per heavy atom. The normalized spacial score (nSPS) is 15.4. The maximum atomic E-state index is 5.37. The first-order valence-electron chi connectivity index (χ1n) is 9.13. The van der Waals surface area contributed by atoms with Gasteiger partial charge in [-0.3, -0.25) is 9.97 Å². The minimum absolute atomic E-state index is 0.249. The van der Waals surface area contributed by atoms with E-state index in [1.807, 2.05) is 32.3 Å². The molecule has 6 heteroatoms. The van der Waals surface area contributed by atoms with Crippen LogP contribution < -0.4 is 0 Å². The lowest BCUT2D eigenvalue weighted by molar-refractivity contribution is 0.393. The molecule has 1 atom stereocenters. The number of fused-ring (bicyclic) bond motifs is 1. The molecule has 4 aromatic rings. The van der Waals surface area contributed by atoms with Gasteiger partial charge < -0.3 is 9.09 Å². The zero-order chi connectivity index (χ0) is 18.5. The summed E-state index contributed by atoms with van der Waals surface area (Å²) in [4.78, 5) is 9.44. The second-order valence-corrected chi connectivity index (χ2v) is 8.37. The fourth-order valence-corrected chi connectivity index (χ4v) is 4.64. The molecule has 0 amide bonds. The summed E-state index contributed by atoms with van der Waals surface area (Å²) in [6.45, 7) is 3.92. The van der Waals surface area contributed by atoms with Crippen molar-refractivity contribution in [2.75, 3.05) is 0 Å². The van der Waals surface area contributed by atoms with Crippen molar-refractivity contribution in [2.24, 2.45) is 5.92 Å². The maximum absolute atomic E-state index is 5.37. The Kier molecular flexibility index (Phi) is 4.03. The van der Waals surface area contributed by atoms with Crippen LogP contribution in [-0.4, -0.2) is 19.7 Å². The molecule has 0 spiro atoms. The van der Waals surface area contributed by atoms with Crippen molar-refractivity contribution in [3.63, 3.8) is 0 Å². The van der Waals surface area contributed by atoms with Gasteiger partial charge in [-0.15, -0.1) is 0 Å². The monoisotopic (exact) mass is 470 g/mol. The Labute approximate surface area is 170 Å². The van der Waals surface area contributed by atoms with Gasteiger partial charge in [-0.05, 0) is 73.4 Å². The summed E-state index contributed by atoms with van der Waals surface area (Å²) in [5.74, 6) is 1.46. The van der Waals surface area contributed by atoms with Crippen molar-refractivity contribution >= 4 is 33.6 Å². The van der Waals surface area contributed by atoms with Gasteiger partial charge in [-0.1, -0.05) is 11.2 Å². The van der Waals surface area contributed by atoms with E-state index in [0.717, 1.165) is 42.9 Å². The van der Waals surface area contributed by atoms with Crippen molar-refractivity contribution in [3.05, 3.63) is 63.6 Å². The van der Waals surface area contributed by atoms with E-state index in [-0.39, 0.29) is 6.04 Å². The third-order valence-corrected chi connectivity index (χ3v) is 6.09. The SMILES string of the molecule is Cc1noc(C)c1-c1cnc2c(I)cn([C@H](c3ccccn3)C3CC3)c2c1. The van der Waals surface area contributed by atoms with Crippen LogP contribution in [0.15, 0.2) is 47.4 Å². The molecule has 1 aliphatic carbocycles. The third kappa shape index (κ3) is 2.86. The van der Waals surface area contributed by atoms with E-state index < -0.39 is 0 Å². The molecule has 4 heterocycles. The highest BCUT2D eigenvalue weighted by molar-refractivity contribution is 14.1. The predicted octanol–water partition coefficient (Wildman–Crippen LogP) is 5.31. The molecular formula is C21H19IN4O. The molecule has 1 fully saturated rings. The highest BCUT2D eigenvalue weighted by Gasteiger charge is 2.35. The molecule has 4 aromatic heterocycles. The number of aryl methyl sites for hydroxylation is 2. The Hall–Kier alpha value is -2.22. The Bertz CT molecular complexity index is 1110. The predicted molar refractivity (Wildman–Crippen MR) is 113 cm³/mol. The molecule has 5 rings (SSSR count). The first-order valence-corrected chi connectivity index (χ1v) is 10.2. The van der Waals surface area contributed by atoms with Crippen LogP contribution in [0.3, 0.4) is 0 Å². The molecule has 27 heavy (non-hydrogen) atoms. The largest absolute Gasteiger partial charge is 0.361 e. The van der Waals surface area contributed by atoms with Crippen molar-refractivity contribution in [1.82, 2.24) is 19.7 Å². The molecule has 1 aliphatic rings. The van der Waals surface area contributed by atoms with Crippen LogP contribution >= 0.6 is 22.6 Å². The number of rotatable bonds is 4. The van der Waals surface area contributed by atoms with Gasteiger partial charge in [-0.2, -0.15) is 0 Å². The van der Waals surface area contributed by atoms with Gasteiger partial charge in [0.05, 0.1) is 26.5 Å². The molecular weight excluding hydrogens is 451 g/mol. The number of nitrogens with zero attached hydrogens (tertiary/aromatic N) is 4. The Morgan fingerprint density at radius 1 is 1.22 bits per heavy atom. The lowest BCUT2D eigenvalue weighted by Crippen LogP contribution is -2.13. The van der Waals surface area contributed by atoms with E-state index in [2.05, 4.69) is 61.7 Å². The van der Waals surface area contributed by atoms with Crippen molar-refractivity contribution in [3.8, 4) is 11.1 Å². The zero-order valence-electron chi connectivity index (χ0n) is 15.2. The minimum atomic E-state index is 0.249. The number of hydrogen-bond acceptors (Lipinski definition) is 4. The Morgan fingerprint density at radius 3 is 2.74 bits per heavy atom. The number of halogens is 1. The fourth-order valence-electron chi connectivity index (χ4n) is 3.92. The molecule has 0 bridgehead atoms. The quantitative estimate of drug-likeness (QED) is 0.380. The molecule has 0 unspecified atom stereocenters. The van der Waals surface area contributed by atoms with Crippen LogP contribution in [0.4, 0.5) is 0 Å². The highest BCUT2D eigenvalue weighted by Crippen LogP contribution is 2.45. The van der Waals surface area contributed by atoms with Crippen LogP contribution in [0, 0.1) is 23.3 Å². The first kappa shape index (κ1) is 16.9. The first-order chi connectivity index (χ1) is 13.1. The van der Waals surface area contributed by atoms with Gasteiger partial charge in [0.1, 0.15) is 11.3 Å². The van der Waals surface area contributed by atoms with E-state index in [1.165, 1.54) is 12.8 Å². The number of pyridine rings is 2. The van der Waals surface area contributed by atoms with Crippen LogP contribution in [0.5, 0.6) is 0 Å². The highest BCUT2D eigenvalue weighted by atomic mass is 127. The second-order valence-electron chi connectivity index (χ2n) is 7.21. The van der Waals surface area contributed by atoms with Crippen molar-refractivity contribution < 1.29 is 4.52 Å². The summed E-state index contributed by atoms with van der Waals surface area (Å²) < 4.78 is 8.89. The van der Waals surface area contributed by atoms with Gasteiger partial charge >= 0.3 is 0 Å². The molecule has 5 nitrogen and oxygen atoms in total. The molecule has 0 saturated heterocycles. The van der Waals surface area contributed by atoms with Gasteiger partial charge in [0.15, 0.2) is 0 Å². The summed E-state index contributed by atoms with van der Waals surface area (Å²) in [6, 6.07) is 8.64. The van der Waals surface area contributed by atoms with Crippen molar-refractivity contribution in [2.45, 2.75) is 32.7 Å². The standard InChI is InChI=1S/C21H19IN4O/c1-12-19(13(2)27-25-12)15-9-18-20(24-10-15)16(22)11-26(18)21(14-6-7-14)17-5-3-4-8-23-17/h3-5,8-11,14,21H,6-7H2,1-2H3/t21-/m0/s1. The average molecular weight is 470 g/mol. The van der Waals surface area contributed by atoms with E-state index in [1.54, 1.807) is 0 Å². The minimum Gasteiger partial charge on any atom is -0.361 e. The van der Waals surface area contributed by atoms with Gasteiger partial charge in [-0.25, -0.2) is 0 Å². The van der Waals surface area contributed by atoms with Gasteiger partial charge in [0, 0.05) is 29.7 Å². The maximum Gasteiger partial charge on any atom is 0.141 e. The molecule has 1 saturated carbocycles.